The first kappa shape index (κ1) is 26.7. The molecule has 2 unspecified atom stereocenters. The zero-order valence-corrected chi connectivity index (χ0v) is 19.3. The van der Waals surface area contributed by atoms with E-state index in [1.165, 1.54) is 11.1 Å². The standard InChI is InChI=1S/C19H38N6O4S/c1-14(2)24-11-15(26)13-29-19-25(18(28)23-10-6-8-21-4)12-16(30-19)17(27)22-9-5-7-20-3/h12,14-15,19-21,24,26H,5-11,13H2,1-4H3,(H,22,27)(H,23,28). The van der Waals surface area contributed by atoms with Crippen LogP contribution in [0.25, 0.3) is 0 Å². The van der Waals surface area contributed by atoms with Crippen LogP contribution in [0.3, 0.4) is 0 Å². The predicted molar refractivity (Wildman–Crippen MR) is 120 cm³/mol. The highest BCUT2D eigenvalue weighted by atomic mass is 32.2. The minimum absolute atomic E-state index is 0.0475. The van der Waals surface area contributed by atoms with Crippen molar-refractivity contribution in [2.75, 3.05) is 53.4 Å². The van der Waals surface area contributed by atoms with Gasteiger partial charge < -0.3 is 36.4 Å². The second-order valence-corrected chi connectivity index (χ2v) is 8.36. The van der Waals surface area contributed by atoms with E-state index in [9.17, 15) is 14.7 Å². The molecule has 0 saturated carbocycles. The molecule has 6 N–H and O–H groups in total. The van der Waals surface area contributed by atoms with Crippen LogP contribution in [0.5, 0.6) is 0 Å². The molecule has 3 amide bonds. The molecule has 0 aromatic rings. The maximum atomic E-state index is 12.6. The highest BCUT2D eigenvalue weighted by molar-refractivity contribution is 8.04. The summed E-state index contributed by atoms with van der Waals surface area (Å²) in [5.74, 6) is -0.239. The molecule has 0 aromatic carbocycles. The molecule has 0 spiro atoms. The van der Waals surface area contributed by atoms with Crippen molar-refractivity contribution in [3.8, 4) is 0 Å². The van der Waals surface area contributed by atoms with Crippen LogP contribution in [0.4, 0.5) is 4.79 Å². The Hall–Kier alpha value is -1.37. The third kappa shape index (κ3) is 10.6. The van der Waals surface area contributed by atoms with Gasteiger partial charge in [0.1, 0.15) is 0 Å². The summed E-state index contributed by atoms with van der Waals surface area (Å²) in [6.07, 6.45) is 2.39. The van der Waals surface area contributed by atoms with E-state index in [1.807, 2.05) is 27.9 Å². The van der Waals surface area contributed by atoms with Gasteiger partial charge in [-0.25, -0.2) is 4.79 Å². The number of rotatable bonds is 15. The molecular formula is C19H38N6O4S. The Kier molecular flexibility index (Phi) is 13.7. The minimum atomic E-state index is -0.715. The molecule has 0 saturated heterocycles. The average molecular weight is 447 g/mol. The maximum absolute atomic E-state index is 12.6. The lowest BCUT2D eigenvalue weighted by Gasteiger charge is -2.24. The Labute approximate surface area is 183 Å². The molecule has 0 fully saturated rings. The number of hydrogen-bond donors (Lipinski definition) is 6. The number of thioether (sulfide) groups is 1. The highest BCUT2D eigenvalue weighted by Crippen LogP contribution is 2.33. The van der Waals surface area contributed by atoms with Crippen LogP contribution in [0.2, 0.25) is 0 Å². The largest absolute Gasteiger partial charge is 0.389 e. The van der Waals surface area contributed by atoms with Crippen molar-refractivity contribution in [3.05, 3.63) is 11.1 Å². The maximum Gasteiger partial charge on any atom is 0.324 e. The summed E-state index contributed by atoms with van der Waals surface area (Å²) >= 11 is 1.16. The van der Waals surface area contributed by atoms with E-state index in [2.05, 4.69) is 26.6 Å². The summed E-state index contributed by atoms with van der Waals surface area (Å²) in [6.45, 7) is 7.07. The van der Waals surface area contributed by atoms with Gasteiger partial charge in [0, 0.05) is 31.9 Å². The second-order valence-electron chi connectivity index (χ2n) is 7.28. The summed E-state index contributed by atoms with van der Waals surface area (Å²) in [7, 11) is 3.71. The van der Waals surface area contributed by atoms with Gasteiger partial charge in [0.05, 0.1) is 17.6 Å². The molecule has 2 atom stereocenters. The van der Waals surface area contributed by atoms with Gasteiger partial charge in [0.2, 0.25) is 0 Å². The van der Waals surface area contributed by atoms with Gasteiger partial charge in [-0.3, -0.25) is 9.69 Å². The second kappa shape index (κ2) is 15.4. The van der Waals surface area contributed by atoms with Crippen molar-refractivity contribution in [1.82, 2.24) is 31.5 Å². The molecule has 0 radical (unpaired) electrons. The SMILES string of the molecule is CNCCCNC(=O)C1=CN(C(=O)NCCCNC)C(OCC(O)CNC(C)C)S1. The van der Waals surface area contributed by atoms with Crippen LogP contribution in [-0.2, 0) is 9.53 Å². The molecular weight excluding hydrogens is 408 g/mol. The van der Waals surface area contributed by atoms with Crippen LogP contribution in [0.1, 0.15) is 26.7 Å². The summed E-state index contributed by atoms with van der Waals surface area (Å²) in [5, 5.41) is 25.0. The third-order valence-corrected chi connectivity index (χ3v) is 5.24. The fourth-order valence-corrected chi connectivity index (χ4v) is 3.48. The Morgan fingerprint density at radius 2 is 1.77 bits per heavy atom. The number of ether oxygens (including phenoxy) is 1. The molecule has 1 aliphatic rings. The van der Waals surface area contributed by atoms with Gasteiger partial charge in [0.15, 0.2) is 5.56 Å². The lowest BCUT2D eigenvalue weighted by Crippen LogP contribution is -2.43. The molecule has 174 valence electrons. The molecule has 0 aliphatic carbocycles. The number of hydrogen-bond acceptors (Lipinski definition) is 8. The molecule has 0 bridgehead atoms. The van der Waals surface area contributed by atoms with Gasteiger partial charge in [-0.15, -0.1) is 0 Å². The number of carbonyl (C=O) groups excluding carboxylic acids is 2. The first-order chi connectivity index (χ1) is 14.4. The van der Waals surface area contributed by atoms with Crippen LogP contribution < -0.4 is 26.6 Å². The number of aliphatic hydroxyl groups is 1. The van der Waals surface area contributed by atoms with Crippen molar-refractivity contribution >= 4 is 23.7 Å². The average Bonchev–Trinajstić information content (AvgIpc) is 3.15. The van der Waals surface area contributed by atoms with Crippen molar-refractivity contribution in [1.29, 1.82) is 0 Å². The topological polar surface area (TPSA) is 127 Å². The van der Waals surface area contributed by atoms with E-state index in [0.717, 1.165) is 37.7 Å². The molecule has 0 aromatic heterocycles. The quantitative estimate of drug-likeness (QED) is 0.187. The molecule has 10 nitrogen and oxygen atoms in total. The Bertz CT molecular complexity index is 549. The lowest BCUT2D eigenvalue weighted by molar-refractivity contribution is -0.116. The van der Waals surface area contributed by atoms with E-state index in [0.29, 0.717) is 24.5 Å². The van der Waals surface area contributed by atoms with Gasteiger partial charge in [-0.05, 0) is 40.0 Å². The number of nitrogens with one attached hydrogen (secondary N) is 5. The first-order valence-electron chi connectivity index (χ1n) is 10.4. The molecule has 1 aliphatic heterocycles. The van der Waals surface area contributed by atoms with Gasteiger partial charge in [-0.2, -0.15) is 0 Å². The van der Waals surface area contributed by atoms with Gasteiger partial charge >= 0.3 is 6.03 Å². The minimum Gasteiger partial charge on any atom is -0.389 e. The lowest BCUT2D eigenvalue weighted by atomic mass is 10.3. The number of nitrogens with zero attached hydrogens (tertiary/aromatic N) is 1. The highest BCUT2D eigenvalue weighted by Gasteiger charge is 2.34. The number of carbonyl (C=O) groups is 2. The van der Waals surface area contributed by atoms with Crippen LogP contribution >= 0.6 is 11.8 Å². The summed E-state index contributed by atoms with van der Waals surface area (Å²) in [5.41, 5.74) is -0.707. The van der Waals surface area contributed by atoms with Gasteiger partial charge in [-0.1, -0.05) is 25.6 Å². The van der Waals surface area contributed by atoms with Crippen molar-refractivity contribution in [3.63, 3.8) is 0 Å². The molecule has 1 rings (SSSR count). The van der Waals surface area contributed by atoms with Crippen molar-refractivity contribution in [2.45, 2.75) is 44.4 Å². The fourth-order valence-electron chi connectivity index (χ4n) is 2.49. The van der Waals surface area contributed by atoms with E-state index in [-0.39, 0.29) is 24.6 Å². The third-order valence-electron chi connectivity index (χ3n) is 4.13. The smallest absolute Gasteiger partial charge is 0.324 e. The van der Waals surface area contributed by atoms with E-state index in [1.54, 1.807) is 0 Å². The zero-order chi connectivity index (χ0) is 22.4. The number of aliphatic hydroxyl groups excluding tert-OH is 1. The monoisotopic (exact) mass is 446 g/mol. The first-order valence-corrected chi connectivity index (χ1v) is 11.3. The summed E-state index contributed by atoms with van der Waals surface area (Å²) in [4.78, 5) is 26.8. The van der Waals surface area contributed by atoms with Crippen molar-refractivity contribution in [2.24, 2.45) is 0 Å². The van der Waals surface area contributed by atoms with Crippen molar-refractivity contribution < 1.29 is 19.4 Å². The Morgan fingerprint density at radius 1 is 1.13 bits per heavy atom. The van der Waals surface area contributed by atoms with E-state index < -0.39 is 11.7 Å². The number of urea groups is 1. The molecule has 11 heteroatoms. The zero-order valence-electron chi connectivity index (χ0n) is 18.5. The van der Waals surface area contributed by atoms with Crippen LogP contribution in [0, 0.1) is 0 Å². The van der Waals surface area contributed by atoms with Crippen LogP contribution in [-0.4, -0.2) is 93.1 Å². The van der Waals surface area contributed by atoms with Gasteiger partial charge in [0.25, 0.3) is 5.91 Å². The molecule has 30 heavy (non-hydrogen) atoms. The molecule has 1 heterocycles. The fraction of sp³-hybridized carbons (Fsp3) is 0.789. The summed E-state index contributed by atoms with van der Waals surface area (Å²) < 4.78 is 5.77. The summed E-state index contributed by atoms with van der Waals surface area (Å²) in [6, 6.07) is -0.0864. The Morgan fingerprint density at radius 3 is 2.37 bits per heavy atom. The predicted octanol–water partition coefficient (Wildman–Crippen LogP) is -0.419. The van der Waals surface area contributed by atoms with Crippen LogP contribution in [0.15, 0.2) is 11.1 Å². The number of amides is 3. The Balaban J connectivity index is 2.64. The normalized spacial score (nSPS) is 17.2. The van der Waals surface area contributed by atoms with E-state index in [4.69, 9.17) is 4.74 Å². The van der Waals surface area contributed by atoms with E-state index >= 15 is 0 Å².